The van der Waals surface area contributed by atoms with Gasteiger partial charge in [-0.25, -0.2) is 4.98 Å². The largest absolute Gasteiger partial charge is 0.368 e. The van der Waals surface area contributed by atoms with Gasteiger partial charge in [0.15, 0.2) is 0 Å². The van der Waals surface area contributed by atoms with Gasteiger partial charge < -0.3 is 15.1 Å². The summed E-state index contributed by atoms with van der Waals surface area (Å²) >= 11 is 0. The van der Waals surface area contributed by atoms with Crippen molar-refractivity contribution >= 4 is 23.1 Å². The number of anilines is 3. The average molecular weight is 352 g/mol. The summed E-state index contributed by atoms with van der Waals surface area (Å²) in [5.41, 5.74) is 5.17. The fourth-order valence-corrected chi connectivity index (χ4v) is 3.36. The van der Waals surface area contributed by atoms with Gasteiger partial charge in [0.05, 0.1) is 11.9 Å². The normalized spacial score (nSPS) is 14.4. The molecule has 0 radical (unpaired) electrons. The lowest BCUT2D eigenvalue weighted by molar-refractivity contribution is -0.116. The van der Waals surface area contributed by atoms with Crippen molar-refractivity contribution in [2.75, 3.05) is 41.3 Å². The van der Waals surface area contributed by atoms with Crippen LogP contribution in [0.5, 0.6) is 0 Å². The highest BCUT2D eigenvalue weighted by molar-refractivity contribution is 5.89. The second-order valence-corrected chi connectivity index (χ2v) is 6.89. The molecule has 1 aromatic carbocycles. The minimum Gasteiger partial charge on any atom is -0.368 e. The molecule has 1 fully saturated rings. The van der Waals surface area contributed by atoms with E-state index in [4.69, 9.17) is 0 Å². The molecule has 0 atom stereocenters. The molecule has 138 valence electrons. The van der Waals surface area contributed by atoms with E-state index in [1.54, 1.807) is 0 Å². The maximum atomic E-state index is 11.7. The first-order valence-electron chi connectivity index (χ1n) is 9.40. The van der Waals surface area contributed by atoms with Crippen LogP contribution in [0.15, 0.2) is 36.5 Å². The fourth-order valence-electron chi connectivity index (χ4n) is 3.36. The minimum absolute atomic E-state index is 0.0230. The van der Waals surface area contributed by atoms with Crippen LogP contribution in [0.25, 0.3) is 0 Å². The summed E-state index contributed by atoms with van der Waals surface area (Å²) in [6.45, 7) is 10.3. The van der Waals surface area contributed by atoms with E-state index in [0.717, 1.165) is 38.3 Å². The SMILES string of the molecule is CCCC(=O)Nc1ccc(N2CCN(c3cccc(C)c3C)CC2)cn1. The van der Waals surface area contributed by atoms with E-state index in [1.807, 2.05) is 25.3 Å². The van der Waals surface area contributed by atoms with Crippen molar-refractivity contribution in [1.82, 2.24) is 4.98 Å². The zero-order chi connectivity index (χ0) is 18.5. The molecule has 1 aliphatic rings. The Hall–Kier alpha value is -2.56. The minimum atomic E-state index is 0.0230. The van der Waals surface area contributed by atoms with Crippen molar-refractivity contribution < 1.29 is 4.79 Å². The van der Waals surface area contributed by atoms with Crippen molar-refractivity contribution in [2.45, 2.75) is 33.6 Å². The number of aryl methyl sites for hydroxylation is 1. The van der Waals surface area contributed by atoms with E-state index in [9.17, 15) is 4.79 Å². The molecule has 5 heteroatoms. The Bertz CT molecular complexity index is 749. The van der Waals surface area contributed by atoms with Crippen LogP contribution in [0, 0.1) is 13.8 Å². The maximum Gasteiger partial charge on any atom is 0.225 e. The van der Waals surface area contributed by atoms with Gasteiger partial charge in [0.2, 0.25) is 5.91 Å². The third-order valence-corrected chi connectivity index (χ3v) is 5.05. The van der Waals surface area contributed by atoms with Crippen LogP contribution in [0.4, 0.5) is 17.2 Å². The van der Waals surface area contributed by atoms with E-state index >= 15 is 0 Å². The standard InChI is InChI=1S/C21H28N4O/c1-4-6-21(26)23-20-10-9-18(15-22-20)24-11-13-25(14-12-24)19-8-5-7-16(2)17(19)3/h5,7-10,15H,4,6,11-14H2,1-3H3,(H,22,23,26). The molecule has 2 heterocycles. The molecular formula is C21H28N4O. The lowest BCUT2D eigenvalue weighted by Crippen LogP contribution is -2.46. The van der Waals surface area contributed by atoms with Gasteiger partial charge in [0.1, 0.15) is 5.82 Å². The van der Waals surface area contributed by atoms with Crippen LogP contribution in [0.2, 0.25) is 0 Å². The van der Waals surface area contributed by atoms with Crippen LogP contribution in [-0.2, 0) is 4.79 Å². The van der Waals surface area contributed by atoms with Crippen molar-refractivity contribution in [3.8, 4) is 0 Å². The Labute approximate surface area is 156 Å². The number of benzene rings is 1. The van der Waals surface area contributed by atoms with E-state index in [2.05, 4.69) is 52.1 Å². The van der Waals surface area contributed by atoms with Gasteiger partial charge in [-0.05, 0) is 49.6 Å². The molecule has 1 aromatic heterocycles. The molecular weight excluding hydrogens is 324 g/mol. The molecule has 3 rings (SSSR count). The van der Waals surface area contributed by atoms with Crippen LogP contribution < -0.4 is 15.1 Å². The number of carbonyl (C=O) groups is 1. The first kappa shape index (κ1) is 18.2. The van der Waals surface area contributed by atoms with E-state index in [-0.39, 0.29) is 5.91 Å². The third kappa shape index (κ3) is 4.15. The molecule has 0 bridgehead atoms. The van der Waals surface area contributed by atoms with Crippen LogP contribution in [0.3, 0.4) is 0 Å². The number of amides is 1. The van der Waals surface area contributed by atoms with Gasteiger partial charge in [0, 0.05) is 38.3 Å². The number of pyridine rings is 1. The monoisotopic (exact) mass is 352 g/mol. The second kappa shape index (κ2) is 8.21. The van der Waals surface area contributed by atoms with E-state index in [1.165, 1.54) is 16.8 Å². The number of piperazine rings is 1. The number of nitrogens with zero attached hydrogens (tertiary/aromatic N) is 3. The molecule has 26 heavy (non-hydrogen) atoms. The summed E-state index contributed by atoms with van der Waals surface area (Å²) in [6, 6.07) is 10.5. The Balaban J connectivity index is 1.59. The average Bonchev–Trinajstić information content (AvgIpc) is 2.65. The predicted molar refractivity (Wildman–Crippen MR) is 108 cm³/mol. The number of carbonyl (C=O) groups excluding carboxylic acids is 1. The van der Waals surface area contributed by atoms with Gasteiger partial charge >= 0.3 is 0 Å². The summed E-state index contributed by atoms with van der Waals surface area (Å²) in [5, 5.41) is 2.84. The van der Waals surface area contributed by atoms with Crippen molar-refractivity contribution in [3.63, 3.8) is 0 Å². The molecule has 1 N–H and O–H groups in total. The number of aromatic nitrogens is 1. The molecule has 1 aliphatic heterocycles. The number of hydrogen-bond donors (Lipinski definition) is 1. The molecule has 5 nitrogen and oxygen atoms in total. The van der Waals surface area contributed by atoms with Crippen LogP contribution in [0.1, 0.15) is 30.9 Å². The molecule has 1 amide bonds. The third-order valence-electron chi connectivity index (χ3n) is 5.05. The molecule has 0 unspecified atom stereocenters. The highest BCUT2D eigenvalue weighted by atomic mass is 16.1. The zero-order valence-corrected chi connectivity index (χ0v) is 16.0. The zero-order valence-electron chi connectivity index (χ0n) is 16.0. The number of hydrogen-bond acceptors (Lipinski definition) is 4. The van der Waals surface area contributed by atoms with Crippen molar-refractivity contribution in [2.24, 2.45) is 0 Å². The fraction of sp³-hybridized carbons (Fsp3) is 0.429. The first-order chi connectivity index (χ1) is 12.6. The van der Waals surface area contributed by atoms with Crippen LogP contribution in [-0.4, -0.2) is 37.1 Å². The van der Waals surface area contributed by atoms with Crippen molar-refractivity contribution in [1.29, 1.82) is 0 Å². The van der Waals surface area contributed by atoms with Gasteiger partial charge in [-0.3, -0.25) is 4.79 Å². The Morgan fingerprint density at radius 1 is 1.08 bits per heavy atom. The van der Waals surface area contributed by atoms with E-state index < -0.39 is 0 Å². The predicted octanol–water partition coefficient (Wildman–Crippen LogP) is 3.76. The molecule has 0 saturated carbocycles. The highest BCUT2D eigenvalue weighted by Gasteiger charge is 2.19. The summed E-state index contributed by atoms with van der Waals surface area (Å²) < 4.78 is 0. The highest BCUT2D eigenvalue weighted by Crippen LogP contribution is 2.25. The molecule has 2 aromatic rings. The van der Waals surface area contributed by atoms with Gasteiger partial charge in [-0.15, -0.1) is 0 Å². The topological polar surface area (TPSA) is 48.5 Å². The van der Waals surface area contributed by atoms with Gasteiger partial charge in [0.25, 0.3) is 0 Å². The number of rotatable bonds is 5. The molecule has 1 saturated heterocycles. The van der Waals surface area contributed by atoms with E-state index in [0.29, 0.717) is 12.2 Å². The molecule has 0 spiro atoms. The second-order valence-electron chi connectivity index (χ2n) is 6.89. The molecule has 0 aliphatic carbocycles. The Morgan fingerprint density at radius 3 is 2.46 bits per heavy atom. The summed E-state index contributed by atoms with van der Waals surface area (Å²) in [4.78, 5) is 20.9. The van der Waals surface area contributed by atoms with Crippen LogP contribution >= 0.6 is 0 Å². The van der Waals surface area contributed by atoms with Gasteiger partial charge in [-0.1, -0.05) is 19.1 Å². The Kier molecular flexibility index (Phi) is 5.76. The first-order valence-corrected chi connectivity index (χ1v) is 9.40. The van der Waals surface area contributed by atoms with Crippen molar-refractivity contribution in [3.05, 3.63) is 47.7 Å². The summed E-state index contributed by atoms with van der Waals surface area (Å²) in [7, 11) is 0. The quantitative estimate of drug-likeness (QED) is 0.890. The lowest BCUT2D eigenvalue weighted by atomic mass is 10.1. The lowest BCUT2D eigenvalue weighted by Gasteiger charge is -2.38. The smallest absolute Gasteiger partial charge is 0.225 e. The maximum absolute atomic E-state index is 11.7. The number of nitrogens with one attached hydrogen (secondary N) is 1. The summed E-state index contributed by atoms with van der Waals surface area (Å²) in [6.07, 6.45) is 3.23. The summed E-state index contributed by atoms with van der Waals surface area (Å²) in [5.74, 6) is 0.649. The van der Waals surface area contributed by atoms with Gasteiger partial charge in [-0.2, -0.15) is 0 Å². The Morgan fingerprint density at radius 2 is 1.81 bits per heavy atom.